The second-order valence-electron chi connectivity index (χ2n) is 8.86. The zero-order chi connectivity index (χ0) is 25.1. The number of carbonyl (C=O) groups excluding carboxylic acids is 2. The molecular formula is C27H29NO7. The maximum Gasteiger partial charge on any atom is 0.290 e. The standard InChI is InChI=1S/C27H29NO7/c1-16(2)11-13-34-20-10-8-18(14-22(20)32-4)24-23(25(29)21-9-7-17(3)35-21)26(30)27(31)28(24)15-19-6-5-12-33-19/h5-10,12,14,16,24,30H,11,13,15H2,1-4H3. The number of nitrogens with zero attached hydrogens (tertiary/aromatic N) is 1. The highest BCUT2D eigenvalue weighted by atomic mass is 16.5. The molecule has 0 bridgehead atoms. The Kier molecular flexibility index (Phi) is 7.00. The highest BCUT2D eigenvalue weighted by Gasteiger charge is 2.45. The molecule has 1 aliphatic rings. The number of hydrogen-bond acceptors (Lipinski definition) is 7. The van der Waals surface area contributed by atoms with Gasteiger partial charge in [0.2, 0.25) is 5.78 Å². The number of ether oxygens (including phenoxy) is 2. The topological polar surface area (TPSA) is 102 Å². The summed E-state index contributed by atoms with van der Waals surface area (Å²) >= 11 is 0. The van der Waals surface area contributed by atoms with Crippen LogP contribution >= 0.6 is 0 Å². The highest BCUT2D eigenvalue weighted by Crippen LogP contribution is 2.42. The fraction of sp³-hybridized carbons (Fsp3) is 0.333. The fourth-order valence-electron chi connectivity index (χ4n) is 4.03. The van der Waals surface area contributed by atoms with Crippen LogP contribution in [-0.4, -0.2) is 35.4 Å². The number of furan rings is 2. The van der Waals surface area contributed by atoms with E-state index in [2.05, 4.69) is 13.8 Å². The Morgan fingerprint density at radius 1 is 1.17 bits per heavy atom. The zero-order valence-corrected chi connectivity index (χ0v) is 20.2. The van der Waals surface area contributed by atoms with Crippen molar-refractivity contribution < 1.29 is 33.0 Å². The smallest absolute Gasteiger partial charge is 0.290 e. The minimum Gasteiger partial charge on any atom is -0.503 e. The summed E-state index contributed by atoms with van der Waals surface area (Å²) in [4.78, 5) is 27.9. The number of Topliss-reactive ketones (excluding diaryl/α,β-unsaturated/α-hetero) is 1. The number of aliphatic hydroxyl groups is 1. The molecule has 2 aromatic heterocycles. The number of ketones is 1. The van der Waals surface area contributed by atoms with Crippen molar-refractivity contribution in [3.05, 3.63) is 82.9 Å². The van der Waals surface area contributed by atoms with Gasteiger partial charge in [0.05, 0.1) is 38.1 Å². The molecule has 8 heteroatoms. The third-order valence-corrected chi connectivity index (χ3v) is 5.87. The average molecular weight is 480 g/mol. The van der Waals surface area contributed by atoms with E-state index in [1.54, 1.807) is 43.3 Å². The first-order valence-corrected chi connectivity index (χ1v) is 11.5. The molecule has 1 aromatic carbocycles. The van der Waals surface area contributed by atoms with E-state index in [4.69, 9.17) is 18.3 Å². The highest BCUT2D eigenvalue weighted by molar-refractivity contribution is 6.15. The quantitative estimate of drug-likeness (QED) is 0.389. The van der Waals surface area contributed by atoms with Crippen molar-refractivity contribution in [3.63, 3.8) is 0 Å². The Labute approximate surface area is 203 Å². The largest absolute Gasteiger partial charge is 0.503 e. The molecule has 1 unspecified atom stereocenters. The lowest BCUT2D eigenvalue weighted by Crippen LogP contribution is -2.30. The lowest BCUT2D eigenvalue weighted by atomic mass is 9.94. The molecule has 1 atom stereocenters. The predicted molar refractivity (Wildman–Crippen MR) is 127 cm³/mol. The summed E-state index contributed by atoms with van der Waals surface area (Å²) in [5.74, 6) is 0.767. The molecule has 35 heavy (non-hydrogen) atoms. The summed E-state index contributed by atoms with van der Waals surface area (Å²) in [6.07, 6.45) is 2.39. The van der Waals surface area contributed by atoms with Gasteiger partial charge >= 0.3 is 0 Å². The number of rotatable bonds is 10. The second kappa shape index (κ2) is 10.1. The molecule has 1 amide bonds. The van der Waals surface area contributed by atoms with Gasteiger partial charge in [-0.15, -0.1) is 0 Å². The third-order valence-electron chi connectivity index (χ3n) is 5.87. The molecule has 8 nitrogen and oxygen atoms in total. The van der Waals surface area contributed by atoms with Crippen LogP contribution in [-0.2, 0) is 11.3 Å². The van der Waals surface area contributed by atoms with Crippen LogP contribution < -0.4 is 9.47 Å². The minimum atomic E-state index is -0.885. The monoisotopic (exact) mass is 479 g/mol. The number of hydrogen-bond donors (Lipinski definition) is 1. The molecule has 3 heterocycles. The SMILES string of the molecule is COc1cc(C2C(C(=O)c3ccc(C)o3)=C(O)C(=O)N2Cc2ccco2)ccc1OCCC(C)C. The van der Waals surface area contributed by atoms with Crippen LogP contribution in [0.4, 0.5) is 0 Å². The van der Waals surface area contributed by atoms with Crippen molar-refractivity contribution >= 4 is 11.7 Å². The lowest BCUT2D eigenvalue weighted by molar-refractivity contribution is -0.130. The van der Waals surface area contributed by atoms with Crippen LogP contribution in [0.25, 0.3) is 0 Å². The molecule has 0 spiro atoms. The van der Waals surface area contributed by atoms with Gasteiger partial charge < -0.3 is 28.3 Å². The maximum absolute atomic E-state index is 13.4. The van der Waals surface area contributed by atoms with Crippen LogP contribution in [0.3, 0.4) is 0 Å². The first kappa shape index (κ1) is 24.2. The van der Waals surface area contributed by atoms with E-state index in [-0.39, 0.29) is 17.9 Å². The number of carbonyl (C=O) groups is 2. The maximum atomic E-state index is 13.4. The molecule has 0 radical (unpaired) electrons. The summed E-state index contributed by atoms with van der Waals surface area (Å²) in [7, 11) is 1.53. The molecule has 1 aliphatic heterocycles. The van der Waals surface area contributed by atoms with E-state index in [9.17, 15) is 14.7 Å². The first-order chi connectivity index (χ1) is 16.8. The number of benzene rings is 1. The Morgan fingerprint density at radius 2 is 1.97 bits per heavy atom. The second-order valence-corrected chi connectivity index (χ2v) is 8.86. The van der Waals surface area contributed by atoms with Gasteiger partial charge in [-0.3, -0.25) is 9.59 Å². The molecule has 4 rings (SSSR count). The van der Waals surface area contributed by atoms with Gasteiger partial charge in [-0.2, -0.15) is 0 Å². The van der Waals surface area contributed by atoms with Crippen LogP contribution in [0.15, 0.2) is 68.9 Å². The summed E-state index contributed by atoms with van der Waals surface area (Å²) in [5, 5.41) is 10.8. The van der Waals surface area contributed by atoms with Crippen molar-refractivity contribution in [2.45, 2.75) is 39.8 Å². The van der Waals surface area contributed by atoms with Crippen LogP contribution in [0.2, 0.25) is 0 Å². The van der Waals surface area contributed by atoms with Gasteiger partial charge in [-0.1, -0.05) is 19.9 Å². The number of aliphatic hydroxyl groups excluding tert-OH is 1. The molecule has 0 fully saturated rings. The average Bonchev–Trinajstić information content (AvgIpc) is 3.56. The summed E-state index contributed by atoms with van der Waals surface area (Å²) in [6.45, 7) is 6.54. The van der Waals surface area contributed by atoms with Crippen molar-refractivity contribution in [2.75, 3.05) is 13.7 Å². The zero-order valence-electron chi connectivity index (χ0n) is 20.2. The number of methoxy groups -OCH3 is 1. The molecular weight excluding hydrogens is 450 g/mol. The minimum absolute atomic E-state index is 0.0438. The lowest BCUT2D eigenvalue weighted by Gasteiger charge is -2.26. The van der Waals surface area contributed by atoms with E-state index in [1.165, 1.54) is 24.3 Å². The van der Waals surface area contributed by atoms with Gasteiger partial charge in [0.15, 0.2) is 23.0 Å². The van der Waals surface area contributed by atoms with Gasteiger partial charge in [0.25, 0.3) is 5.91 Å². The Hall–Kier alpha value is -3.94. The van der Waals surface area contributed by atoms with Crippen molar-refractivity contribution in [2.24, 2.45) is 5.92 Å². The fourth-order valence-corrected chi connectivity index (χ4v) is 4.03. The van der Waals surface area contributed by atoms with Gasteiger partial charge in [-0.25, -0.2) is 0 Å². The van der Waals surface area contributed by atoms with Gasteiger partial charge in [0, 0.05) is 0 Å². The van der Waals surface area contributed by atoms with Gasteiger partial charge in [-0.05, 0) is 61.2 Å². The Morgan fingerprint density at radius 3 is 2.60 bits per heavy atom. The van der Waals surface area contributed by atoms with E-state index in [0.29, 0.717) is 41.1 Å². The van der Waals surface area contributed by atoms with Crippen LogP contribution in [0, 0.1) is 12.8 Å². The third kappa shape index (κ3) is 4.96. The predicted octanol–water partition coefficient (Wildman–Crippen LogP) is 5.39. The summed E-state index contributed by atoms with van der Waals surface area (Å²) in [6, 6.07) is 11.0. The molecule has 1 N–H and O–H groups in total. The molecule has 184 valence electrons. The van der Waals surface area contributed by atoms with Crippen LogP contribution in [0.5, 0.6) is 11.5 Å². The van der Waals surface area contributed by atoms with E-state index in [0.717, 1.165) is 6.42 Å². The van der Waals surface area contributed by atoms with E-state index in [1.807, 2.05) is 0 Å². The molecule has 0 saturated carbocycles. The normalized spacial score (nSPS) is 15.9. The van der Waals surface area contributed by atoms with Crippen molar-refractivity contribution in [3.8, 4) is 11.5 Å². The van der Waals surface area contributed by atoms with Crippen molar-refractivity contribution in [1.82, 2.24) is 4.90 Å². The number of amides is 1. The molecule has 0 saturated heterocycles. The molecule has 3 aromatic rings. The Bertz CT molecular complexity index is 1240. The molecule has 0 aliphatic carbocycles. The summed E-state index contributed by atoms with van der Waals surface area (Å²) < 4.78 is 22.4. The first-order valence-electron chi connectivity index (χ1n) is 11.5. The number of aryl methyl sites for hydroxylation is 1. The Balaban J connectivity index is 1.74. The summed E-state index contributed by atoms with van der Waals surface area (Å²) in [5.41, 5.74) is 0.514. The van der Waals surface area contributed by atoms with Gasteiger partial charge in [0.1, 0.15) is 11.5 Å². The van der Waals surface area contributed by atoms with Crippen LogP contribution in [0.1, 0.15) is 53.9 Å². The van der Waals surface area contributed by atoms with E-state index < -0.39 is 23.5 Å². The van der Waals surface area contributed by atoms with Crippen molar-refractivity contribution in [1.29, 1.82) is 0 Å². The van der Waals surface area contributed by atoms with E-state index >= 15 is 0 Å².